The quantitative estimate of drug-likeness (QED) is 0.398. The number of carbonyl (C=O) groups is 1. The highest BCUT2D eigenvalue weighted by atomic mass is 16.4. The van der Waals surface area contributed by atoms with Gasteiger partial charge in [-0.25, -0.2) is 9.78 Å². The summed E-state index contributed by atoms with van der Waals surface area (Å²) in [7, 11) is 4.11. The predicted octanol–water partition coefficient (Wildman–Crippen LogP) is 6.36. The second-order valence-corrected chi connectivity index (χ2v) is 9.33. The van der Waals surface area contributed by atoms with Crippen molar-refractivity contribution in [3.05, 3.63) is 30.3 Å². The molecule has 0 unspecified atom stereocenters. The van der Waals surface area contributed by atoms with Crippen molar-refractivity contribution in [3.8, 4) is 0 Å². The fourth-order valence-electron chi connectivity index (χ4n) is 4.84. The summed E-state index contributed by atoms with van der Waals surface area (Å²) < 4.78 is 0. The minimum absolute atomic E-state index is 0.142. The summed E-state index contributed by atoms with van der Waals surface area (Å²) in [5.74, 6) is 0.901. The summed E-state index contributed by atoms with van der Waals surface area (Å²) in [6.45, 7) is 2.89. The van der Waals surface area contributed by atoms with Crippen LogP contribution >= 0.6 is 0 Å². The number of nitrogens with zero attached hydrogens (tertiary/aromatic N) is 3. The Morgan fingerprint density at radius 2 is 1.75 bits per heavy atom. The van der Waals surface area contributed by atoms with E-state index in [0.717, 1.165) is 60.9 Å². The Balaban J connectivity index is 1.54. The third-order valence-corrected chi connectivity index (χ3v) is 6.66. The number of aromatic nitrogens is 1. The lowest BCUT2D eigenvalue weighted by atomic mass is 9.90. The highest BCUT2D eigenvalue weighted by Crippen LogP contribution is 2.30. The van der Waals surface area contributed by atoms with Crippen LogP contribution in [0.25, 0.3) is 10.9 Å². The number of anilines is 2. The third-order valence-electron chi connectivity index (χ3n) is 6.66. The van der Waals surface area contributed by atoms with Gasteiger partial charge in [-0.2, -0.15) is 0 Å². The van der Waals surface area contributed by atoms with Crippen molar-refractivity contribution in [3.63, 3.8) is 0 Å². The maximum Gasteiger partial charge on any atom is 0.407 e. The summed E-state index contributed by atoms with van der Waals surface area (Å²) in [6, 6.07) is 10.8. The Morgan fingerprint density at radius 3 is 2.44 bits per heavy atom. The summed E-state index contributed by atoms with van der Waals surface area (Å²) >= 11 is 0. The molecule has 1 aliphatic rings. The topological polar surface area (TPSA) is 68.7 Å². The summed E-state index contributed by atoms with van der Waals surface area (Å²) in [4.78, 5) is 20.5. The number of hydrogen-bond donors (Lipinski definition) is 2. The lowest BCUT2D eigenvalue weighted by Crippen LogP contribution is -2.43. The molecule has 1 amide bonds. The molecule has 0 saturated heterocycles. The number of hydrogen-bond acceptors (Lipinski definition) is 4. The van der Waals surface area contributed by atoms with Crippen molar-refractivity contribution < 1.29 is 9.90 Å². The standard InChI is InChI=1S/C26H40N4O2/c1-4-5-6-7-8-11-18-30(26(31)32)21-16-14-20(15-17-21)27-25-19-24(29(2)3)22-12-9-10-13-23(22)28-25/h9-10,12-13,19-21H,4-8,11,14-18H2,1-3H3,(H,27,28)(H,31,32)/t20-,21+. The SMILES string of the molecule is CCCCCCCCN(C(=O)O)[C@H]1CC[C@@H](Nc2cc(N(C)C)c3ccccc3n2)CC1. The lowest BCUT2D eigenvalue weighted by Gasteiger charge is -2.36. The predicted molar refractivity (Wildman–Crippen MR) is 134 cm³/mol. The number of amides is 1. The molecular weight excluding hydrogens is 400 g/mol. The smallest absolute Gasteiger partial charge is 0.407 e. The van der Waals surface area contributed by atoms with E-state index < -0.39 is 6.09 Å². The second-order valence-electron chi connectivity index (χ2n) is 9.33. The van der Waals surface area contributed by atoms with E-state index in [1.165, 1.54) is 25.7 Å². The Bertz CT molecular complexity index is 862. The molecule has 1 aromatic carbocycles. The highest BCUT2D eigenvalue weighted by Gasteiger charge is 2.28. The molecule has 0 radical (unpaired) electrons. The average Bonchev–Trinajstić information content (AvgIpc) is 2.78. The van der Waals surface area contributed by atoms with Crippen LogP contribution in [0.3, 0.4) is 0 Å². The van der Waals surface area contributed by atoms with E-state index in [1.54, 1.807) is 4.90 Å². The molecule has 32 heavy (non-hydrogen) atoms. The van der Waals surface area contributed by atoms with Gasteiger partial charge >= 0.3 is 6.09 Å². The van der Waals surface area contributed by atoms with Gasteiger partial charge in [0.25, 0.3) is 0 Å². The number of rotatable bonds is 11. The first-order valence-corrected chi connectivity index (χ1v) is 12.3. The molecule has 0 bridgehead atoms. The van der Waals surface area contributed by atoms with Crippen LogP contribution in [0.5, 0.6) is 0 Å². The maximum absolute atomic E-state index is 11.9. The van der Waals surface area contributed by atoms with Crippen molar-refractivity contribution in [1.82, 2.24) is 9.88 Å². The van der Waals surface area contributed by atoms with Crippen LogP contribution < -0.4 is 10.2 Å². The number of para-hydroxylation sites is 1. The highest BCUT2D eigenvalue weighted by molar-refractivity contribution is 5.93. The molecule has 1 heterocycles. The fraction of sp³-hybridized carbons (Fsp3) is 0.615. The van der Waals surface area contributed by atoms with Crippen LogP contribution in [0, 0.1) is 0 Å². The second kappa shape index (κ2) is 11.9. The molecule has 1 saturated carbocycles. The number of fused-ring (bicyclic) bond motifs is 1. The summed E-state index contributed by atoms with van der Waals surface area (Å²) in [6.07, 6.45) is 10.1. The number of pyridine rings is 1. The number of benzene rings is 1. The van der Waals surface area contributed by atoms with Crippen molar-refractivity contribution in [2.75, 3.05) is 30.9 Å². The molecule has 0 aliphatic heterocycles. The van der Waals surface area contributed by atoms with Crippen LogP contribution in [-0.2, 0) is 0 Å². The first-order chi connectivity index (χ1) is 15.5. The van der Waals surface area contributed by atoms with E-state index in [9.17, 15) is 9.90 Å². The molecule has 3 rings (SSSR count). The molecule has 2 aromatic rings. The first kappa shape index (κ1) is 24.1. The van der Waals surface area contributed by atoms with Gasteiger partial charge in [0.15, 0.2) is 0 Å². The van der Waals surface area contributed by atoms with E-state index in [0.29, 0.717) is 12.6 Å². The molecule has 0 spiro atoms. The molecular formula is C26H40N4O2. The minimum atomic E-state index is -0.762. The monoisotopic (exact) mass is 440 g/mol. The average molecular weight is 441 g/mol. The lowest BCUT2D eigenvalue weighted by molar-refractivity contribution is 0.108. The zero-order valence-electron chi connectivity index (χ0n) is 20.0. The maximum atomic E-state index is 11.9. The Labute approximate surface area is 193 Å². The molecule has 1 aliphatic carbocycles. The molecule has 1 aromatic heterocycles. The van der Waals surface area contributed by atoms with Gasteiger partial charge in [0, 0.05) is 49.9 Å². The Morgan fingerprint density at radius 1 is 1.06 bits per heavy atom. The van der Waals surface area contributed by atoms with E-state index in [2.05, 4.69) is 49.4 Å². The van der Waals surface area contributed by atoms with Crippen molar-refractivity contribution in [2.24, 2.45) is 0 Å². The van der Waals surface area contributed by atoms with Crippen LogP contribution in [0.2, 0.25) is 0 Å². The van der Waals surface area contributed by atoms with Gasteiger partial charge in [-0.1, -0.05) is 57.2 Å². The Kier molecular flexibility index (Phi) is 9.00. The fourth-order valence-corrected chi connectivity index (χ4v) is 4.84. The first-order valence-electron chi connectivity index (χ1n) is 12.3. The van der Waals surface area contributed by atoms with E-state index in [1.807, 2.05) is 12.1 Å². The number of nitrogens with one attached hydrogen (secondary N) is 1. The molecule has 0 atom stereocenters. The van der Waals surface area contributed by atoms with Gasteiger partial charge in [-0.15, -0.1) is 0 Å². The summed E-state index contributed by atoms with van der Waals surface area (Å²) in [5.41, 5.74) is 2.15. The molecule has 176 valence electrons. The van der Waals surface area contributed by atoms with Crippen LogP contribution in [-0.4, -0.2) is 53.8 Å². The van der Waals surface area contributed by atoms with E-state index >= 15 is 0 Å². The van der Waals surface area contributed by atoms with Crippen molar-refractivity contribution >= 4 is 28.5 Å². The normalized spacial score (nSPS) is 18.5. The zero-order chi connectivity index (χ0) is 22.9. The largest absolute Gasteiger partial charge is 0.465 e. The molecule has 2 N–H and O–H groups in total. The number of unbranched alkanes of at least 4 members (excludes halogenated alkanes) is 5. The van der Waals surface area contributed by atoms with Gasteiger partial charge < -0.3 is 20.2 Å². The summed E-state index contributed by atoms with van der Waals surface area (Å²) in [5, 5.41) is 14.5. The van der Waals surface area contributed by atoms with Gasteiger partial charge in [0.05, 0.1) is 5.52 Å². The van der Waals surface area contributed by atoms with Crippen molar-refractivity contribution in [2.45, 2.75) is 83.2 Å². The number of carboxylic acid groups (broad SMARTS) is 1. The van der Waals surface area contributed by atoms with Gasteiger partial charge in [-0.05, 0) is 38.2 Å². The minimum Gasteiger partial charge on any atom is -0.465 e. The van der Waals surface area contributed by atoms with Crippen LogP contribution in [0.4, 0.5) is 16.3 Å². The zero-order valence-corrected chi connectivity index (χ0v) is 20.0. The van der Waals surface area contributed by atoms with Gasteiger partial charge in [-0.3, -0.25) is 0 Å². The van der Waals surface area contributed by atoms with Crippen molar-refractivity contribution in [1.29, 1.82) is 0 Å². The molecule has 1 fully saturated rings. The van der Waals surface area contributed by atoms with E-state index in [-0.39, 0.29) is 6.04 Å². The van der Waals surface area contributed by atoms with E-state index in [4.69, 9.17) is 4.98 Å². The molecule has 6 heteroatoms. The van der Waals surface area contributed by atoms with Crippen LogP contribution in [0.1, 0.15) is 71.1 Å². The van der Waals surface area contributed by atoms with Gasteiger partial charge in [0.1, 0.15) is 5.82 Å². The Hall–Kier alpha value is -2.50. The molecule has 6 nitrogen and oxygen atoms in total. The van der Waals surface area contributed by atoms with Gasteiger partial charge in [0.2, 0.25) is 0 Å². The van der Waals surface area contributed by atoms with Crippen LogP contribution in [0.15, 0.2) is 30.3 Å². The third kappa shape index (κ3) is 6.50.